The number of ether oxygens (including phenoxy) is 1. The third-order valence-electron chi connectivity index (χ3n) is 4.29. The molecule has 3 rings (SSSR count). The van der Waals surface area contributed by atoms with Crippen molar-refractivity contribution < 1.29 is 19.1 Å². The van der Waals surface area contributed by atoms with Crippen molar-refractivity contribution in [1.29, 1.82) is 0 Å². The molecule has 3 atom stereocenters. The smallest absolute Gasteiger partial charge is 0.322 e. The number of rotatable bonds is 4. The molecule has 2 aliphatic heterocycles. The van der Waals surface area contributed by atoms with E-state index in [0.717, 1.165) is 5.56 Å². The van der Waals surface area contributed by atoms with E-state index >= 15 is 0 Å². The lowest BCUT2D eigenvalue weighted by Crippen LogP contribution is -2.46. The van der Waals surface area contributed by atoms with Crippen LogP contribution < -0.4 is 10.6 Å². The third-order valence-corrected chi connectivity index (χ3v) is 4.29. The molecule has 2 heterocycles. The standard InChI is InChI=1S/C17H21N3O4/c1-11-9-20(10-14(24-11)12-5-3-2-4-6-12)15(21)8-7-13-16(22)19-17(23)18-13/h2-6,11,13-14H,7-10H2,1H3,(H2,18,19,22,23)/t11-,13+,14-/m1/s1. The van der Waals surface area contributed by atoms with Crippen LogP contribution in [0.15, 0.2) is 30.3 Å². The Kier molecular flexibility index (Phi) is 4.80. The predicted octanol–water partition coefficient (Wildman–Crippen LogP) is 0.963. The Morgan fingerprint density at radius 3 is 2.67 bits per heavy atom. The van der Waals surface area contributed by atoms with Gasteiger partial charge in [-0.1, -0.05) is 30.3 Å². The molecule has 0 aromatic heterocycles. The van der Waals surface area contributed by atoms with Crippen LogP contribution in [0.4, 0.5) is 4.79 Å². The Hall–Kier alpha value is -2.41. The van der Waals surface area contributed by atoms with E-state index in [1.54, 1.807) is 4.90 Å². The minimum atomic E-state index is -0.621. The molecule has 0 unspecified atom stereocenters. The van der Waals surface area contributed by atoms with Crippen molar-refractivity contribution in [3.63, 3.8) is 0 Å². The minimum Gasteiger partial charge on any atom is -0.367 e. The molecular formula is C17H21N3O4. The number of imide groups is 1. The molecular weight excluding hydrogens is 310 g/mol. The van der Waals surface area contributed by atoms with Gasteiger partial charge in [0.05, 0.1) is 12.6 Å². The molecule has 4 amide bonds. The van der Waals surface area contributed by atoms with E-state index in [2.05, 4.69) is 10.6 Å². The van der Waals surface area contributed by atoms with Crippen molar-refractivity contribution in [1.82, 2.24) is 15.5 Å². The number of benzene rings is 1. The Bertz CT molecular complexity index is 634. The van der Waals surface area contributed by atoms with Crippen LogP contribution in [-0.2, 0) is 14.3 Å². The first-order valence-electron chi connectivity index (χ1n) is 8.12. The molecule has 7 heteroatoms. The van der Waals surface area contributed by atoms with Crippen molar-refractivity contribution in [3.8, 4) is 0 Å². The van der Waals surface area contributed by atoms with Crippen molar-refractivity contribution >= 4 is 17.8 Å². The van der Waals surface area contributed by atoms with Crippen LogP contribution >= 0.6 is 0 Å². The van der Waals surface area contributed by atoms with Crippen LogP contribution in [0.1, 0.15) is 31.4 Å². The van der Waals surface area contributed by atoms with Gasteiger partial charge in [0.2, 0.25) is 5.91 Å². The second-order valence-electron chi connectivity index (χ2n) is 6.20. The van der Waals surface area contributed by atoms with Crippen LogP contribution in [0.2, 0.25) is 0 Å². The maximum atomic E-state index is 12.5. The molecule has 0 spiro atoms. The van der Waals surface area contributed by atoms with Crippen molar-refractivity contribution in [2.75, 3.05) is 13.1 Å². The quantitative estimate of drug-likeness (QED) is 0.805. The van der Waals surface area contributed by atoms with Gasteiger partial charge >= 0.3 is 6.03 Å². The predicted molar refractivity (Wildman–Crippen MR) is 86.0 cm³/mol. The monoisotopic (exact) mass is 331 g/mol. The first-order chi connectivity index (χ1) is 11.5. The number of morpholine rings is 1. The van der Waals surface area contributed by atoms with Crippen molar-refractivity contribution in [2.24, 2.45) is 0 Å². The van der Waals surface area contributed by atoms with E-state index in [0.29, 0.717) is 19.5 Å². The Labute approximate surface area is 140 Å². The summed E-state index contributed by atoms with van der Waals surface area (Å²) in [6, 6.07) is 8.70. The number of carbonyl (C=O) groups is 3. The van der Waals surface area contributed by atoms with Crippen LogP contribution in [0.5, 0.6) is 0 Å². The summed E-state index contributed by atoms with van der Waals surface area (Å²) in [6.45, 7) is 2.97. The van der Waals surface area contributed by atoms with E-state index in [9.17, 15) is 14.4 Å². The molecule has 7 nitrogen and oxygen atoms in total. The van der Waals surface area contributed by atoms with Crippen molar-refractivity contribution in [3.05, 3.63) is 35.9 Å². The van der Waals surface area contributed by atoms with Gasteiger partial charge in [-0.25, -0.2) is 4.79 Å². The largest absolute Gasteiger partial charge is 0.367 e. The van der Waals surface area contributed by atoms with Gasteiger partial charge in [-0.05, 0) is 18.9 Å². The molecule has 2 fully saturated rings. The van der Waals surface area contributed by atoms with Crippen LogP contribution in [-0.4, -0.2) is 48.0 Å². The fourth-order valence-electron chi connectivity index (χ4n) is 3.09. The van der Waals surface area contributed by atoms with Crippen molar-refractivity contribution in [2.45, 2.75) is 38.0 Å². The molecule has 2 saturated heterocycles. The highest BCUT2D eigenvalue weighted by Gasteiger charge is 2.32. The van der Waals surface area contributed by atoms with Gasteiger partial charge in [0, 0.05) is 13.0 Å². The molecule has 2 N–H and O–H groups in total. The molecule has 128 valence electrons. The lowest BCUT2D eigenvalue weighted by molar-refractivity contribution is -0.145. The maximum absolute atomic E-state index is 12.5. The van der Waals surface area contributed by atoms with Gasteiger partial charge in [0.1, 0.15) is 12.1 Å². The zero-order valence-corrected chi connectivity index (χ0v) is 13.5. The Morgan fingerprint density at radius 1 is 1.25 bits per heavy atom. The summed E-state index contributed by atoms with van der Waals surface area (Å²) in [5.74, 6) is -0.398. The number of hydrogen-bond acceptors (Lipinski definition) is 4. The molecule has 1 aromatic rings. The van der Waals surface area contributed by atoms with E-state index < -0.39 is 12.1 Å². The second kappa shape index (κ2) is 7.00. The van der Waals surface area contributed by atoms with Crippen LogP contribution in [0, 0.1) is 0 Å². The zero-order valence-electron chi connectivity index (χ0n) is 13.5. The topological polar surface area (TPSA) is 87.7 Å². The van der Waals surface area contributed by atoms with Crippen LogP contribution in [0.25, 0.3) is 0 Å². The summed E-state index contributed by atoms with van der Waals surface area (Å²) in [6.07, 6.45) is 0.320. The van der Waals surface area contributed by atoms with E-state index in [4.69, 9.17) is 4.74 Å². The highest BCUT2D eigenvalue weighted by Crippen LogP contribution is 2.25. The van der Waals surface area contributed by atoms with E-state index in [-0.39, 0.29) is 30.4 Å². The molecule has 1 aromatic carbocycles. The number of amides is 4. The SMILES string of the molecule is C[C@@H]1CN(C(=O)CC[C@@H]2NC(=O)NC2=O)C[C@H](c2ccccc2)O1. The van der Waals surface area contributed by atoms with E-state index in [1.807, 2.05) is 37.3 Å². The molecule has 0 saturated carbocycles. The molecule has 2 aliphatic rings. The molecule has 0 bridgehead atoms. The Morgan fingerprint density at radius 2 is 2.00 bits per heavy atom. The van der Waals surface area contributed by atoms with E-state index in [1.165, 1.54) is 0 Å². The summed E-state index contributed by atoms with van der Waals surface area (Å²) in [7, 11) is 0. The average Bonchev–Trinajstić information content (AvgIpc) is 2.90. The first kappa shape index (κ1) is 16.4. The molecule has 0 aliphatic carbocycles. The number of nitrogens with zero attached hydrogens (tertiary/aromatic N) is 1. The fourth-order valence-corrected chi connectivity index (χ4v) is 3.09. The van der Waals surface area contributed by atoms with Gasteiger partial charge in [-0.2, -0.15) is 0 Å². The summed E-state index contributed by atoms with van der Waals surface area (Å²) in [5, 5.41) is 4.68. The lowest BCUT2D eigenvalue weighted by atomic mass is 10.1. The molecule has 24 heavy (non-hydrogen) atoms. The summed E-state index contributed by atoms with van der Waals surface area (Å²) in [4.78, 5) is 36.9. The highest BCUT2D eigenvalue weighted by molar-refractivity contribution is 6.04. The first-order valence-corrected chi connectivity index (χ1v) is 8.12. The zero-order chi connectivity index (χ0) is 17.1. The third kappa shape index (κ3) is 3.73. The highest BCUT2D eigenvalue weighted by atomic mass is 16.5. The normalized spacial score (nSPS) is 26.9. The lowest BCUT2D eigenvalue weighted by Gasteiger charge is -2.37. The summed E-state index contributed by atoms with van der Waals surface area (Å²) < 4.78 is 5.95. The average molecular weight is 331 g/mol. The van der Waals surface area contributed by atoms with Gasteiger partial charge in [0.25, 0.3) is 5.91 Å². The Balaban J connectivity index is 1.58. The fraction of sp³-hybridized carbons (Fsp3) is 0.471. The van der Waals surface area contributed by atoms with Gasteiger partial charge in [0.15, 0.2) is 0 Å². The van der Waals surface area contributed by atoms with Gasteiger partial charge in [-0.3, -0.25) is 14.9 Å². The summed E-state index contributed by atoms with van der Waals surface area (Å²) >= 11 is 0. The maximum Gasteiger partial charge on any atom is 0.322 e. The minimum absolute atomic E-state index is 0.0277. The number of nitrogens with one attached hydrogen (secondary N) is 2. The van der Waals surface area contributed by atoms with Gasteiger partial charge < -0.3 is 15.0 Å². The van der Waals surface area contributed by atoms with Gasteiger partial charge in [-0.15, -0.1) is 0 Å². The number of urea groups is 1. The van der Waals surface area contributed by atoms with Crippen LogP contribution in [0.3, 0.4) is 0 Å². The number of carbonyl (C=O) groups excluding carboxylic acids is 3. The second-order valence-corrected chi connectivity index (χ2v) is 6.20. The number of hydrogen-bond donors (Lipinski definition) is 2. The molecule has 0 radical (unpaired) electrons. The summed E-state index contributed by atoms with van der Waals surface area (Å²) in [5.41, 5.74) is 1.05.